The van der Waals surface area contributed by atoms with E-state index >= 15 is 0 Å². The Kier molecular flexibility index (Phi) is 4.14. The van der Waals surface area contributed by atoms with Crippen molar-refractivity contribution < 1.29 is 17.6 Å². The molecule has 1 heterocycles. The van der Waals surface area contributed by atoms with Crippen LogP contribution in [0.5, 0.6) is 0 Å². The van der Waals surface area contributed by atoms with Crippen molar-refractivity contribution in [3.63, 3.8) is 0 Å². The molecule has 21 heavy (non-hydrogen) atoms. The number of alkyl halides is 3. The summed E-state index contributed by atoms with van der Waals surface area (Å²) in [4.78, 5) is 6.84. The molecule has 0 spiro atoms. The highest BCUT2D eigenvalue weighted by molar-refractivity contribution is 6.31. The van der Waals surface area contributed by atoms with Crippen LogP contribution in [-0.2, 0) is 6.18 Å². The SMILES string of the molecule is NNc1nc(Nc2cccc(Cl)c2F)cc(C(F)(F)F)n1. The van der Waals surface area contributed by atoms with Crippen LogP contribution in [0.15, 0.2) is 24.3 Å². The number of benzene rings is 1. The zero-order chi connectivity index (χ0) is 15.6. The quantitative estimate of drug-likeness (QED) is 0.459. The van der Waals surface area contributed by atoms with Crippen LogP contribution in [0.4, 0.5) is 35.0 Å². The molecule has 2 rings (SSSR count). The Bertz CT molecular complexity index is 662. The molecule has 0 fully saturated rings. The van der Waals surface area contributed by atoms with Crippen LogP contribution in [-0.4, -0.2) is 9.97 Å². The Morgan fingerprint density at radius 3 is 2.52 bits per heavy atom. The molecule has 0 bridgehead atoms. The average molecular weight is 322 g/mol. The van der Waals surface area contributed by atoms with Gasteiger partial charge in [0, 0.05) is 6.07 Å². The molecule has 5 nitrogen and oxygen atoms in total. The molecule has 0 aliphatic carbocycles. The minimum Gasteiger partial charge on any atom is -0.338 e. The van der Waals surface area contributed by atoms with Crippen molar-refractivity contribution in [2.24, 2.45) is 5.84 Å². The molecule has 0 unspecified atom stereocenters. The maximum atomic E-state index is 13.7. The molecule has 0 saturated heterocycles. The number of nitrogens with two attached hydrogens (primary N) is 1. The fraction of sp³-hybridized carbons (Fsp3) is 0.0909. The summed E-state index contributed by atoms with van der Waals surface area (Å²) in [5.41, 5.74) is 0.556. The lowest BCUT2D eigenvalue weighted by Gasteiger charge is -2.12. The zero-order valence-corrected chi connectivity index (χ0v) is 10.9. The molecule has 0 aliphatic rings. The van der Waals surface area contributed by atoms with E-state index in [9.17, 15) is 17.6 Å². The van der Waals surface area contributed by atoms with E-state index in [0.29, 0.717) is 6.07 Å². The molecule has 112 valence electrons. The fourth-order valence-electron chi connectivity index (χ4n) is 1.46. The lowest BCUT2D eigenvalue weighted by Crippen LogP contribution is -2.16. The number of halogens is 5. The van der Waals surface area contributed by atoms with E-state index in [1.165, 1.54) is 18.2 Å². The van der Waals surface area contributed by atoms with Crippen molar-refractivity contribution in [1.82, 2.24) is 9.97 Å². The Hall–Kier alpha value is -2.13. The van der Waals surface area contributed by atoms with Crippen LogP contribution >= 0.6 is 11.6 Å². The molecule has 1 aromatic carbocycles. The number of nitrogens with zero attached hydrogens (tertiary/aromatic N) is 2. The van der Waals surface area contributed by atoms with Crippen LogP contribution in [0.3, 0.4) is 0 Å². The van der Waals surface area contributed by atoms with Gasteiger partial charge < -0.3 is 5.32 Å². The summed E-state index contributed by atoms with van der Waals surface area (Å²) in [5.74, 6) is 3.45. The first-order valence-electron chi connectivity index (χ1n) is 5.45. The Morgan fingerprint density at radius 1 is 1.19 bits per heavy atom. The van der Waals surface area contributed by atoms with Gasteiger partial charge in [0.15, 0.2) is 11.5 Å². The van der Waals surface area contributed by atoms with Crippen molar-refractivity contribution >= 4 is 29.1 Å². The number of nitrogen functional groups attached to an aromatic ring is 1. The van der Waals surface area contributed by atoms with Gasteiger partial charge in [-0.15, -0.1) is 0 Å². The molecule has 4 N–H and O–H groups in total. The number of hydrazine groups is 1. The maximum absolute atomic E-state index is 13.7. The van der Waals surface area contributed by atoms with Gasteiger partial charge >= 0.3 is 6.18 Å². The van der Waals surface area contributed by atoms with E-state index in [-0.39, 0.29) is 16.5 Å². The monoisotopic (exact) mass is 321 g/mol. The van der Waals surface area contributed by atoms with Crippen molar-refractivity contribution in [2.45, 2.75) is 6.18 Å². The van der Waals surface area contributed by atoms with Gasteiger partial charge in [-0.2, -0.15) is 18.2 Å². The minimum absolute atomic E-state index is 0.128. The standard InChI is InChI=1S/C11H8ClF4N5/c12-5-2-1-3-6(9(5)13)18-8-4-7(11(14,15)16)19-10(20-8)21-17/h1-4H,17H2,(H2,18,19,20,21). The van der Waals surface area contributed by atoms with Gasteiger partial charge in [0.2, 0.25) is 5.95 Å². The number of anilines is 3. The number of hydrogen-bond donors (Lipinski definition) is 3. The van der Waals surface area contributed by atoms with E-state index in [1.54, 1.807) is 0 Å². The number of rotatable bonds is 3. The second-order valence-corrected chi connectivity index (χ2v) is 4.24. The van der Waals surface area contributed by atoms with E-state index in [4.69, 9.17) is 17.4 Å². The van der Waals surface area contributed by atoms with Crippen LogP contribution < -0.4 is 16.6 Å². The van der Waals surface area contributed by atoms with Crippen molar-refractivity contribution in [2.75, 3.05) is 10.7 Å². The molecule has 0 aliphatic heterocycles. The summed E-state index contributed by atoms with van der Waals surface area (Å²) >= 11 is 5.58. The molecule has 1 aromatic heterocycles. The highest BCUT2D eigenvalue weighted by Crippen LogP contribution is 2.31. The second-order valence-electron chi connectivity index (χ2n) is 3.83. The normalized spacial score (nSPS) is 11.3. The Balaban J connectivity index is 2.42. The summed E-state index contributed by atoms with van der Waals surface area (Å²) in [7, 11) is 0. The summed E-state index contributed by atoms with van der Waals surface area (Å²) in [5, 5.41) is 2.22. The van der Waals surface area contributed by atoms with Gasteiger partial charge in [-0.25, -0.2) is 15.2 Å². The van der Waals surface area contributed by atoms with E-state index in [1.807, 2.05) is 5.43 Å². The Morgan fingerprint density at radius 2 is 1.90 bits per heavy atom. The highest BCUT2D eigenvalue weighted by Gasteiger charge is 2.33. The molecule has 0 radical (unpaired) electrons. The minimum atomic E-state index is -4.70. The molecule has 0 atom stereocenters. The van der Waals surface area contributed by atoms with Gasteiger partial charge in [-0.05, 0) is 12.1 Å². The molecule has 10 heteroatoms. The zero-order valence-electron chi connectivity index (χ0n) is 10.2. The van der Waals surface area contributed by atoms with E-state index < -0.39 is 23.6 Å². The topological polar surface area (TPSA) is 75.9 Å². The summed E-state index contributed by atoms with van der Waals surface area (Å²) in [6.45, 7) is 0. The third-order valence-corrected chi connectivity index (χ3v) is 2.65. The number of hydrogen-bond acceptors (Lipinski definition) is 5. The van der Waals surface area contributed by atoms with Crippen LogP contribution in [0.25, 0.3) is 0 Å². The van der Waals surface area contributed by atoms with Crippen molar-refractivity contribution in [3.8, 4) is 0 Å². The largest absolute Gasteiger partial charge is 0.433 e. The summed E-state index contributed by atoms with van der Waals surface area (Å²) in [6, 6.07) is 4.66. The number of aromatic nitrogens is 2. The van der Waals surface area contributed by atoms with E-state index in [2.05, 4.69) is 15.3 Å². The third-order valence-electron chi connectivity index (χ3n) is 2.36. The smallest absolute Gasteiger partial charge is 0.338 e. The molecule has 0 amide bonds. The second kappa shape index (κ2) is 5.70. The predicted octanol–water partition coefficient (Wildman–Crippen LogP) is 3.32. The highest BCUT2D eigenvalue weighted by atomic mass is 35.5. The summed E-state index contributed by atoms with van der Waals surface area (Å²) < 4.78 is 51.8. The lowest BCUT2D eigenvalue weighted by molar-refractivity contribution is -0.141. The molecule has 2 aromatic rings. The average Bonchev–Trinajstić information content (AvgIpc) is 2.42. The van der Waals surface area contributed by atoms with Crippen LogP contribution in [0.2, 0.25) is 5.02 Å². The van der Waals surface area contributed by atoms with Crippen LogP contribution in [0.1, 0.15) is 5.69 Å². The third kappa shape index (κ3) is 3.50. The van der Waals surface area contributed by atoms with Gasteiger partial charge in [0.25, 0.3) is 0 Å². The Labute approximate surface area is 121 Å². The van der Waals surface area contributed by atoms with Crippen LogP contribution in [0, 0.1) is 5.82 Å². The van der Waals surface area contributed by atoms with Gasteiger partial charge in [0.1, 0.15) is 5.82 Å². The van der Waals surface area contributed by atoms with Crippen molar-refractivity contribution in [3.05, 3.63) is 40.8 Å². The van der Waals surface area contributed by atoms with E-state index in [0.717, 1.165) is 0 Å². The first kappa shape index (κ1) is 15.3. The lowest BCUT2D eigenvalue weighted by atomic mass is 10.3. The molecular weight excluding hydrogens is 314 g/mol. The fourth-order valence-corrected chi connectivity index (χ4v) is 1.63. The first-order valence-corrected chi connectivity index (χ1v) is 5.83. The van der Waals surface area contributed by atoms with Gasteiger partial charge in [0.05, 0.1) is 10.7 Å². The molecular formula is C11H8ClF4N5. The number of nitrogens with one attached hydrogen (secondary N) is 2. The van der Waals surface area contributed by atoms with Gasteiger partial charge in [-0.1, -0.05) is 17.7 Å². The van der Waals surface area contributed by atoms with Crippen molar-refractivity contribution in [1.29, 1.82) is 0 Å². The molecule has 0 saturated carbocycles. The first-order chi connectivity index (χ1) is 9.81. The predicted molar refractivity (Wildman–Crippen MR) is 69.5 cm³/mol. The van der Waals surface area contributed by atoms with Gasteiger partial charge in [-0.3, -0.25) is 5.43 Å². The summed E-state index contributed by atoms with van der Waals surface area (Å²) in [6.07, 6.45) is -4.70. The maximum Gasteiger partial charge on any atom is 0.433 e.